The predicted octanol–water partition coefficient (Wildman–Crippen LogP) is 2.45. The number of rotatable bonds is 1. The molecule has 1 aromatic heterocycles. The summed E-state index contributed by atoms with van der Waals surface area (Å²) in [4.78, 5) is 6.54. The molecule has 19 heavy (non-hydrogen) atoms. The van der Waals surface area contributed by atoms with Crippen LogP contribution >= 0.6 is 11.6 Å². The van der Waals surface area contributed by atoms with Crippen LogP contribution in [0.2, 0.25) is 5.02 Å². The lowest BCUT2D eigenvalue weighted by Gasteiger charge is -2.47. The summed E-state index contributed by atoms with van der Waals surface area (Å²) >= 11 is 5.89. The smallest absolute Gasteiger partial charge is 0.151 e. The molecule has 3 N–H and O–H groups in total. The van der Waals surface area contributed by atoms with Crippen LogP contribution in [0.25, 0.3) is 0 Å². The van der Waals surface area contributed by atoms with Crippen molar-refractivity contribution in [1.82, 2.24) is 4.98 Å². The summed E-state index contributed by atoms with van der Waals surface area (Å²) < 4.78 is 0. The zero-order chi connectivity index (χ0) is 13.5. The third-order valence-electron chi connectivity index (χ3n) is 4.59. The van der Waals surface area contributed by atoms with Crippen LogP contribution in [0.4, 0.5) is 11.5 Å². The number of pyridine rings is 1. The molecule has 2 unspecified atom stereocenters. The topological polar surface area (TPSA) is 62.4 Å². The number of hydrogen-bond acceptors (Lipinski definition) is 4. The van der Waals surface area contributed by atoms with Crippen LogP contribution in [0.15, 0.2) is 12.3 Å². The van der Waals surface area contributed by atoms with E-state index in [9.17, 15) is 5.11 Å². The van der Waals surface area contributed by atoms with Gasteiger partial charge in [0.2, 0.25) is 0 Å². The van der Waals surface area contributed by atoms with E-state index in [2.05, 4.69) is 9.88 Å². The highest BCUT2D eigenvalue weighted by molar-refractivity contribution is 6.30. The highest BCUT2D eigenvalue weighted by atomic mass is 35.5. The SMILES string of the molecule is Nc1cc(Cl)cnc1N1CCC2(O)CCCCC2C1. The van der Waals surface area contributed by atoms with Crippen LogP contribution in [-0.2, 0) is 0 Å². The van der Waals surface area contributed by atoms with Crippen LogP contribution in [0, 0.1) is 5.92 Å². The van der Waals surface area contributed by atoms with Gasteiger partial charge in [0.25, 0.3) is 0 Å². The van der Waals surface area contributed by atoms with Gasteiger partial charge in [-0.3, -0.25) is 0 Å². The Kier molecular flexibility index (Phi) is 3.31. The molecular weight excluding hydrogens is 262 g/mol. The van der Waals surface area contributed by atoms with Crippen LogP contribution in [0.1, 0.15) is 32.1 Å². The second-order valence-corrected chi connectivity index (χ2v) is 6.25. The van der Waals surface area contributed by atoms with Crippen molar-refractivity contribution in [2.45, 2.75) is 37.7 Å². The maximum absolute atomic E-state index is 10.7. The number of aliphatic hydroxyl groups is 1. The fourth-order valence-electron chi connectivity index (χ4n) is 3.48. The number of nitrogen functional groups attached to an aromatic ring is 1. The normalized spacial score (nSPS) is 31.1. The Labute approximate surface area is 118 Å². The minimum absolute atomic E-state index is 0.340. The summed E-state index contributed by atoms with van der Waals surface area (Å²) in [6, 6.07) is 1.74. The van der Waals surface area contributed by atoms with E-state index in [4.69, 9.17) is 17.3 Å². The van der Waals surface area contributed by atoms with E-state index in [1.165, 1.54) is 6.42 Å². The Morgan fingerprint density at radius 3 is 3.05 bits per heavy atom. The van der Waals surface area contributed by atoms with Gasteiger partial charge in [0.15, 0.2) is 5.82 Å². The third kappa shape index (κ3) is 2.39. The molecule has 2 heterocycles. The highest BCUT2D eigenvalue weighted by Gasteiger charge is 2.43. The molecule has 4 nitrogen and oxygen atoms in total. The zero-order valence-electron chi connectivity index (χ0n) is 11.0. The second-order valence-electron chi connectivity index (χ2n) is 5.81. The van der Waals surface area contributed by atoms with Crippen molar-refractivity contribution < 1.29 is 5.11 Å². The van der Waals surface area contributed by atoms with Gasteiger partial charge < -0.3 is 15.7 Å². The van der Waals surface area contributed by atoms with E-state index in [1.54, 1.807) is 12.3 Å². The molecule has 0 radical (unpaired) electrons. The largest absolute Gasteiger partial charge is 0.396 e. The predicted molar refractivity (Wildman–Crippen MR) is 77.4 cm³/mol. The molecule has 1 aromatic rings. The van der Waals surface area contributed by atoms with Crippen LogP contribution in [0.3, 0.4) is 0 Å². The summed E-state index contributed by atoms with van der Waals surface area (Å²) in [5.41, 5.74) is 6.16. The molecule has 0 spiro atoms. The van der Waals surface area contributed by atoms with Crippen molar-refractivity contribution >= 4 is 23.1 Å². The van der Waals surface area contributed by atoms with Crippen LogP contribution in [0.5, 0.6) is 0 Å². The fourth-order valence-corrected chi connectivity index (χ4v) is 3.64. The van der Waals surface area contributed by atoms with Crippen molar-refractivity contribution in [2.75, 3.05) is 23.7 Å². The third-order valence-corrected chi connectivity index (χ3v) is 4.80. The molecule has 1 saturated heterocycles. The molecule has 2 atom stereocenters. The number of fused-ring (bicyclic) bond motifs is 1. The molecule has 1 aliphatic heterocycles. The Bertz CT molecular complexity index is 482. The van der Waals surface area contributed by atoms with Gasteiger partial charge in [0, 0.05) is 25.2 Å². The Morgan fingerprint density at radius 1 is 1.42 bits per heavy atom. The lowest BCUT2D eigenvalue weighted by atomic mass is 9.71. The Morgan fingerprint density at radius 2 is 2.26 bits per heavy atom. The van der Waals surface area contributed by atoms with Crippen molar-refractivity contribution in [1.29, 1.82) is 0 Å². The van der Waals surface area contributed by atoms with E-state index >= 15 is 0 Å². The molecular formula is C14H20ClN3O. The van der Waals surface area contributed by atoms with Gasteiger partial charge in [-0.25, -0.2) is 4.98 Å². The minimum atomic E-state index is -0.462. The lowest BCUT2D eigenvalue weighted by Crippen LogP contribution is -2.53. The minimum Gasteiger partial charge on any atom is -0.396 e. The van der Waals surface area contributed by atoms with Gasteiger partial charge in [0.05, 0.1) is 16.3 Å². The summed E-state index contributed by atoms with van der Waals surface area (Å²) in [5, 5.41) is 11.2. The van der Waals surface area contributed by atoms with Crippen LogP contribution < -0.4 is 10.6 Å². The van der Waals surface area contributed by atoms with Crippen LogP contribution in [-0.4, -0.2) is 28.8 Å². The fraction of sp³-hybridized carbons (Fsp3) is 0.643. The quantitative estimate of drug-likeness (QED) is 0.830. The molecule has 0 amide bonds. The number of hydrogen-bond donors (Lipinski definition) is 2. The molecule has 0 bridgehead atoms. The summed E-state index contributed by atoms with van der Waals surface area (Å²) in [5.74, 6) is 1.14. The van der Waals surface area contributed by atoms with Gasteiger partial charge in [-0.05, 0) is 25.3 Å². The van der Waals surface area contributed by atoms with E-state index in [-0.39, 0.29) is 0 Å². The highest BCUT2D eigenvalue weighted by Crippen LogP contribution is 2.41. The van der Waals surface area contributed by atoms with Gasteiger partial charge in [-0.15, -0.1) is 0 Å². The first-order valence-electron chi connectivity index (χ1n) is 6.97. The molecule has 2 fully saturated rings. The maximum atomic E-state index is 10.7. The van der Waals surface area contributed by atoms with Gasteiger partial charge in [-0.2, -0.15) is 0 Å². The van der Waals surface area contributed by atoms with Crippen molar-refractivity contribution in [3.63, 3.8) is 0 Å². The molecule has 104 valence electrons. The number of aromatic nitrogens is 1. The molecule has 1 saturated carbocycles. The van der Waals surface area contributed by atoms with Gasteiger partial charge in [0.1, 0.15) is 0 Å². The molecule has 1 aliphatic carbocycles. The molecule has 5 heteroatoms. The van der Waals surface area contributed by atoms with E-state index < -0.39 is 5.60 Å². The van der Waals surface area contributed by atoms with E-state index in [0.717, 1.165) is 44.6 Å². The average molecular weight is 282 g/mol. The average Bonchev–Trinajstić information content (AvgIpc) is 2.38. The number of anilines is 2. The van der Waals surface area contributed by atoms with Crippen molar-refractivity contribution in [3.05, 3.63) is 17.3 Å². The summed E-state index contributed by atoms with van der Waals surface area (Å²) in [6.07, 6.45) is 6.84. The molecule has 0 aromatic carbocycles. The molecule has 2 aliphatic rings. The lowest BCUT2D eigenvalue weighted by molar-refractivity contribution is -0.0613. The Hall–Kier alpha value is -1.00. The first-order chi connectivity index (χ1) is 9.08. The standard InChI is InChI=1S/C14H20ClN3O/c15-11-7-12(16)13(17-8-11)18-6-5-14(19)4-2-1-3-10(14)9-18/h7-8,10,19H,1-6,9,16H2. The van der Waals surface area contributed by atoms with E-state index in [1.807, 2.05) is 0 Å². The molecule has 3 rings (SSSR count). The summed E-state index contributed by atoms with van der Waals surface area (Å²) in [7, 11) is 0. The first kappa shape index (κ1) is 13.0. The maximum Gasteiger partial charge on any atom is 0.151 e. The number of nitrogens with zero attached hydrogens (tertiary/aromatic N) is 2. The van der Waals surface area contributed by atoms with Gasteiger partial charge >= 0.3 is 0 Å². The first-order valence-corrected chi connectivity index (χ1v) is 7.35. The zero-order valence-corrected chi connectivity index (χ0v) is 11.7. The second kappa shape index (κ2) is 4.84. The number of nitrogens with two attached hydrogens (primary N) is 1. The monoisotopic (exact) mass is 281 g/mol. The van der Waals surface area contributed by atoms with Crippen molar-refractivity contribution in [3.8, 4) is 0 Å². The van der Waals surface area contributed by atoms with Crippen molar-refractivity contribution in [2.24, 2.45) is 5.92 Å². The number of piperidine rings is 1. The number of halogens is 1. The van der Waals surface area contributed by atoms with E-state index in [0.29, 0.717) is 16.6 Å². The van der Waals surface area contributed by atoms with Gasteiger partial charge in [-0.1, -0.05) is 24.4 Å². The Balaban J connectivity index is 1.80. The summed E-state index contributed by atoms with van der Waals surface area (Å²) in [6.45, 7) is 1.65.